The molecule has 0 N–H and O–H groups in total. The Kier molecular flexibility index (Phi) is 6.59. The molecule has 0 atom stereocenters. The summed E-state index contributed by atoms with van der Waals surface area (Å²) in [5, 5.41) is 0.401. The van der Waals surface area contributed by atoms with E-state index < -0.39 is 10.0 Å². The van der Waals surface area contributed by atoms with Crippen molar-refractivity contribution in [2.24, 2.45) is 0 Å². The summed E-state index contributed by atoms with van der Waals surface area (Å²) in [5.74, 6) is -0.246. The number of ketones is 1. The molecule has 8 heteroatoms. The summed E-state index contributed by atoms with van der Waals surface area (Å²) in [6.07, 6.45) is 4.34. The van der Waals surface area contributed by atoms with Crippen LogP contribution in [0.5, 0.6) is 0 Å². The first-order chi connectivity index (χ1) is 13.0. The van der Waals surface area contributed by atoms with E-state index in [-0.39, 0.29) is 23.9 Å². The van der Waals surface area contributed by atoms with Gasteiger partial charge in [-0.15, -0.1) is 0 Å². The molecule has 27 heavy (non-hydrogen) atoms. The lowest BCUT2D eigenvalue weighted by Crippen LogP contribution is -2.35. The molecule has 2 aromatic rings. The summed E-state index contributed by atoms with van der Waals surface area (Å²) >= 11 is 6.18. The Balaban J connectivity index is 1.67. The fourth-order valence-corrected chi connectivity index (χ4v) is 4.67. The lowest BCUT2D eigenvalue weighted by molar-refractivity contribution is 0.0721. The normalized spacial score (nSPS) is 15.6. The minimum atomic E-state index is -3.54. The molecule has 6 nitrogen and oxygen atoms in total. The molecule has 0 amide bonds. The number of ether oxygens (including phenoxy) is 1. The SMILES string of the molecule is O=C(COCc1cc(S(=O)(=O)N2CCCCC2)ccc1Cl)c1ccccn1. The van der Waals surface area contributed by atoms with Crippen LogP contribution in [-0.2, 0) is 21.4 Å². The van der Waals surface area contributed by atoms with E-state index in [9.17, 15) is 13.2 Å². The highest BCUT2D eigenvalue weighted by Crippen LogP contribution is 2.25. The number of Topliss-reactive ketones (excluding diaryl/α,β-unsaturated/α-hetero) is 1. The molecule has 1 aliphatic heterocycles. The third kappa shape index (κ3) is 4.93. The Morgan fingerprint density at radius 1 is 1.15 bits per heavy atom. The van der Waals surface area contributed by atoms with Gasteiger partial charge in [-0.3, -0.25) is 9.78 Å². The first-order valence-electron chi connectivity index (χ1n) is 8.79. The van der Waals surface area contributed by atoms with Crippen molar-refractivity contribution < 1.29 is 17.9 Å². The molecule has 1 aromatic heterocycles. The lowest BCUT2D eigenvalue weighted by atomic mass is 10.2. The topological polar surface area (TPSA) is 76.6 Å². The molecule has 0 unspecified atom stereocenters. The van der Waals surface area contributed by atoms with Crippen LogP contribution < -0.4 is 0 Å². The van der Waals surface area contributed by atoms with E-state index in [2.05, 4.69) is 4.98 Å². The van der Waals surface area contributed by atoms with E-state index in [4.69, 9.17) is 16.3 Å². The van der Waals surface area contributed by atoms with Crippen molar-refractivity contribution in [3.8, 4) is 0 Å². The van der Waals surface area contributed by atoms with Crippen molar-refractivity contribution in [2.45, 2.75) is 30.8 Å². The molecule has 1 saturated heterocycles. The lowest BCUT2D eigenvalue weighted by Gasteiger charge is -2.26. The second-order valence-electron chi connectivity index (χ2n) is 6.35. The van der Waals surface area contributed by atoms with Crippen molar-refractivity contribution in [1.29, 1.82) is 0 Å². The number of benzene rings is 1. The Morgan fingerprint density at radius 3 is 2.63 bits per heavy atom. The Labute approximate surface area is 164 Å². The van der Waals surface area contributed by atoms with Crippen LogP contribution in [0, 0.1) is 0 Å². The molecule has 0 spiro atoms. The van der Waals surface area contributed by atoms with Gasteiger partial charge in [0, 0.05) is 24.3 Å². The van der Waals surface area contributed by atoms with Gasteiger partial charge in [0.1, 0.15) is 12.3 Å². The van der Waals surface area contributed by atoms with Gasteiger partial charge in [0.2, 0.25) is 15.8 Å². The fraction of sp³-hybridized carbons (Fsp3) is 0.368. The molecule has 0 aliphatic carbocycles. The summed E-state index contributed by atoms with van der Waals surface area (Å²) in [7, 11) is -3.54. The molecule has 0 saturated carbocycles. The maximum Gasteiger partial charge on any atom is 0.243 e. The van der Waals surface area contributed by atoms with E-state index in [1.54, 1.807) is 30.5 Å². The smallest absolute Gasteiger partial charge is 0.243 e. The first-order valence-corrected chi connectivity index (χ1v) is 10.6. The van der Waals surface area contributed by atoms with Gasteiger partial charge >= 0.3 is 0 Å². The number of hydrogen-bond donors (Lipinski definition) is 0. The third-order valence-electron chi connectivity index (χ3n) is 4.41. The molecular weight excluding hydrogens is 388 g/mol. The van der Waals surface area contributed by atoms with Gasteiger partial charge in [-0.25, -0.2) is 8.42 Å². The van der Waals surface area contributed by atoms with Crippen LogP contribution >= 0.6 is 11.6 Å². The van der Waals surface area contributed by atoms with E-state index in [0.29, 0.717) is 29.4 Å². The van der Waals surface area contributed by atoms with Crippen molar-refractivity contribution in [3.63, 3.8) is 0 Å². The number of rotatable bonds is 7. The minimum absolute atomic E-state index is 0.0424. The van der Waals surface area contributed by atoms with Crippen LogP contribution in [0.25, 0.3) is 0 Å². The molecule has 2 heterocycles. The fourth-order valence-electron chi connectivity index (χ4n) is 2.93. The van der Waals surface area contributed by atoms with Crippen molar-refractivity contribution in [3.05, 3.63) is 58.9 Å². The van der Waals surface area contributed by atoms with Gasteiger partial charge < -0.3 is 4.74 Å². The van der Waals surface area contributed by atoms with Crippen molar-refractivity contribution in [2.75, 3.05) is 19.7 Å². The molecular formula is C19H21ClN2O4S. The molecule has 0 bridgehead atoms. The van der Waals surface area contributed by atoms with E-state index in [1.165, 1.54) is 16.4 Å². The number of nitrogens with zero attached hydrogens (tertiary/aromatic N) is 2. The Hall–Kier alpha value is -1.80. The number of carbonyl (C=O) groups is 1. The molecule has 1 aromatic carbocycles. The minimum Gasteiger partial charge on any atom is -0.368 e. The average Bonchev–Trinajstić information content (AvgIpc) is 2.70. The van der Waals surface area contributed by atoms with Gasteiger partial charge in [0.25, 0.3) is 0 Å². The van der Waals surface area contributed by atoms with Gasteiger partial charge in [-0.2, -0.15) is 4.31 Å². The second kappa shape index (κ2) is 8.93. The Morgan fingerprint density at radius 2 is 1.93 bits per heavy atom. The maximum absolute atomic E-state index is 12.8. The number of carbonyl (C=O) groups excluding carboxylic acids is 1. The molecule has 1 aliphatic rings. The van der Waals surface area contributed by atoms with Crippen molar-refractivity contribution >= 4 is 27.4 Å². The van der Waals surface area contributed by atoms with Gasteiger partial charge in [0.05, 0.1) is 11.5 Å². The molecule has 0 radical (unpaired) electrons. The third-order valence-corrected chi connectivity index (χ3v) is 6.67. The number of hydrogen-bond acceptors (Lipinski definition) is 5. The average molecular weight is 409 g/mol. The van der Waals surface area contributed by atoms with E-state index in [0.717, 1.165) is 19.3 Å². The highest BCUT2D eigenvalue weighted by molar-refractivity contribution is 7.89. The quantitative estimate of drug-likeness (QED) is 0.657. The van der Waals surface area contributed by atoms with Crippen LogP contribution in [0.2, 0.25) is 5.02 Å². The summed E-state index contributed by atoms with van der Waals surface area (Å²) in [4.78, 5) is 16.2. The van der Waals surface area contributed by atoms with Gasteiger partial charge in [0.15, 0.2) is 0 Å². The highest BCUT2D eigenvalue weighted by atomic mass is 35.5. The number of halogens is 1. The van der Waals surface area contributed by atoms with Gasteiger partial charge in [-0.05, 0) is 48.7 Å². The molecule has 3 rings (SSSR count). The zero-order valence-electron chi connectivity index (χ0n) is 14.8. The monoisotopic (exact) mass is 408 g/mol. The zero-order chi connectivity index (χ0) is 19.3. The zero-order valence-corrected chi connectivity index (χ0v) is 16.4. The second-order valence-corrected chi connectivity index (χ2v) is 8.69. The standard InChI is InChI=1S/C19H21ClN2O4S/c20-17-8-7-16(27(24,25)22-10-4-1-5-11-22)12-15(17)13-26-14-19(23)18-6-2-3-9-21-18/h2-3,6-9,12H,1,4-5,10-11,13-14H2. The van der Waals surface area contributed by atoms with Crippen molar-refractivity contribution in [1.82, 2.24) is 9.29 Å². The number of sulfonamides is 1. The molecule has 144 valence electrons. The largest absolute Gasteiger partial charge is 0.368 e. The number of pyridine rings is 1. The van der Waals surface area contributed by atoms with E-state index in [1.807, 2.05) is 0 Å². The summed E-state index contributed by atoms with van der Waals surface area (Å²) in [6, 6.07) is 9.66. The van der Waals surface area contributed by atoms with E-state index >= 15 is 0 Å². The van der Waals surface area contributed by atoms with Crippen LogP contribution in [0.3, 0.4) is 0 Å². The van der Waals surface area contributed by atoms with Crippen LogP contribution in [0.1, 0.15) is 35.3 Å². The predicted molar refractivity (Wildman–Crippen MR) is 102 cm³/mol. The highest BCUT2D eigenvalue weighted by Gasteiger charge is 2.26. The summed E-state index contributed by atoms with van der Waals surface area (Å²) < 4.78 is 32.6. The first kappa shape index (κ1) is 19.9. The summed E-state index contributed by atoms with van der Waals surface area (Å²) in [5.41, 5.74) is 0.855. The van der Waals surface area contributed by atoms with Gasteiger partial charge in [-0.1, -0.05) is 24.1 Å². The Bertz CT molecular complexity index is 897. The van der Waals surface area contributed by atoms with Crippen LogP contribution in [0.4, 0.5) is 0 Å². The van der Waals surface area contributed by atoms with Crippen LogP contribution in [0.15, 0.2) is 47.5 Å². The maximum atomic E-state index is 12.8. The predicted octanol–water partition coefficient (Wildman–Crippen LogP) is 3.31. The summed E-state index contributed by atoms with van der Waals surface area (Å²) in [6.45, 7) is 0.960. The number of aromatic nitrogens is 1. The van der Waals surface area contributed by atoms with Crippen LogP contribution in [-0.4, -0.2) is 43.2 Å². The molecule has 1 fully saturated rings. The number of piperidine rings is 1.